The Morgan fingerprint density at radius 3 is 2.53 bits per heavy atom. The van der Waals surface area contributed by atoms with Crippen LogP contribution in [0.5, 0.6) is 0 Å². The standard InChI is InChI=1S/C23H21ClN2O2S2/c1-13-8-14(2)10-18(9-13)26-22(28)21-19(11-15(3)30-21)25-23(26)29-12-20(27)16-4-6-17(24)7-5-16/h4-10,15H,11-12H2,1-3H3/t15-/m1/s1. The molecule has 4 rings (SSSR count). The van der Waals surface area contributed by atoms with E-state index in [9.17, 15) is 9.59 Å². The van der Waals surface area contributed by atoms with Crippen LogP contribution in [0.4, 0.5) is 0 Å². The summed E-state index contributed by atoms with van der Waals surface area (Å²) in [6.07, 6.45) is 0.765. The van der Waals surface area contributed by atoms with Crippen LogP contribution in [0.1, 0.15) is 34.1 Å². The third kappa shape index (κ3) is 4.36. The minimum atomic E-state index is -0.0548. The van der Waals surface area contributed by atoms with E-state index in [1.807, 2.05) is 26.0 Å². The van der Waals surface area contributed by atoms with E-state index in [2.05, 4.69) is 13.0 Å². The Bertz CT molecular complexity index is 1170. The second-order valence-electron chi connectivity index (χ2n) is 7.51. The maximum Gasteiger partial charge on any atom is 0.272 e. The Hall–Kier alpha value is -2.02. The summed E-state index contributed by atoms with van der Waals surface area (Å²) in [7, 11) is 0. The predicted molar refractivity (Wildman–Crippen MR) is 125 cm³/mol. The van der Waals surface area contributed by atoms with Crippen molar-refractivity contribution in [1.82, 2.24) is 9.55 Å². The first kappa shape index (κ1) is 21.2. The summed E-state index contributed by atoms with van der Waals surface area (Å²) in [4.78, 5) is 31.6. The Labute approximate surface area is 189 Å². The van der Waals surface area contributed by atoms with Gasteiger partial charge in [-0.15, -0.1) is 11.8 Å². The number of benzene rings is 2. The smallest absolute Gasteiger partial charge is 0.272 e. The van der Waals surface area contributed by atoms with E-state index < -0.39 is 0 Å². The molecule has 0 unspecified atom stereocenters. The third-order valence-corrected chi connectivity index (χ3v) is 7.25. The highest BCUT2D eigenvalue weighted by Crippen LogP contribution is 2.35. The van der Waals surface area contributed by atoms with Crippen LogP contribution in [-0.2, 0) is 6.42 Å². The van der Waals surface area contributed by atoms with E-state index in [4.69, 9.17) is 16.6 Å². The van der Waals surface area contributed by atoms with Gasteiger partial charge >= 0.3 is 0 Å². The van der Waals surface area contributed by atoms with Crippen LogP contribution in [0.3, 0.4) is 0 Å². The SMILES string of the molecule is Cc1cc(C)cc(-n2c(SCC(=O)c3ccc(Cl)cc3)nc3c(c2=O)S[C@H](C)C3)c1. The molecule has 1 aliphatic heterocycles. The van der Waals surface area contributed by atoms with Gasteiger partial charge in [0.2, 0.25) is 0 Å². The monoisotopic (exact) mass is 456 g/mol. The summed E-state index contributed by atoms with van der Waals surface area (Å²) in [5.41, 5.74) is 4.31. The van der Waals surface area contributed by atoms with E-state index in [0.29, 0.717) is 21.0 Å². The lowest BCUT2D eigenvalue weighted by Crippen LogP contribution is -2.24. The minimum Gasteiger partial charge on any atom is -0.293 e. The molecule has 0 fully saturated rings. The number of thioether (sulfide) groups is 2. The number of hydrogen-bond acceptors (Lipinski definition) is 5. The molecule has 0 saturated heterocycles. The average Bonchev–Trinajstić information content (AvgIpc) is 3.06. The molecule has 3 aromatic rings. The number of Topliss-reactive ketones (excluding diaryl/α,β-unsaturated/α-hetero) is 1. The lowest BCUT2D eigenvalue weighted by Gasteiger charge is -2.15. The molecule has 154 valence electrons. The minimum absolute atomic E-state index is 0.0267. The van der Waals surface area contributed by atoms with Crippen molar-refractivity contribution >= 4 is 40.9 Å². The molecule has 0 spiro atoms. The van der Waals surface area contributed by atoms with Crippen LogP contribution in [0, 0.1) is 13.8 Å². The van der Waals surface area contributed by atoms with Gasteiger partial charge in [-0.2, -0.15) is 0 Å². The van der Waals surface area contributed by atoms with E-state index in [0.717, 1.165) is 33.8 Å². The van der Waals surface area contributed by atoms with Crippen LogP contribution in [0.2, 0.25) is 5.02 Å². The Morgan fingerprint density at radius 1 is 1.20 bits per heavy atom. The molecule has 30 heavy (non-hydrogen) atoms. The number of aromatic nitrogens is 2. The zero-order valence-corrected chi connectivity index (χ0v) is 19.3. The van der Waals surface area contributed by atoms with Crippen LogP contribution < -0.4 is 5.56 Å². The number of halogens is 1. The molecule has 1 atom stereocenters. The fraction of sp³-hybridized carbons (Fsp3) is 0.261. The van der Waals surface area contributed by atoms with Crippen molar-refractivity contribution in [2.75, 3.05) is 5.75 Å². The summed E-state index contributed by atoms with van der Waals surface area (Å²) < 4.78 is 1.66. The van der Waals surface area contributed by atoms with Gasteiger partial charge in [-0.25, -0.2) is 4.98 Å². The normalized spacial score (nSPS) is 15.3. The van der Waals surface area contributed by atoms with Crippen LogP contribution >= 0.6 is 35.1 Å². The highest BCUT2D eigenvalue weighted by molar-refractivity contribution is 8.00. The highest BCUT2D eigenvalue weighted by Gasteiger charge is 2.27. The maximum atomic E-state index is 13.4. The van der Waals surface area contributed by atoms with Crippen molar-refractivity contribution < 1.29 is 4.79 Å². The van der Waals surface area contributed by atoms with Crippen LogP contribution in [-0.4, -0.2) is 26.3 Å². The summed E-state index contributed by atoms with van der Waals surface area (Å²) in [6.45, 7) is 6.12. The molecule has 0 radical (unpaired) electrons. The molecule has 1 aromatic heterocycles. The molecule has 4 nitrogen and oxygen atoms in total. The van der Waals surface area contributed by atoms with E-state index in [1.165, 1.54) is 11.8 Å². The molecular formula is C23H21ClN2O2S2. The Morgan fingerprint density at radius 2 is 1.87 bits per heavy atom. The van der Waals surface area contributed by atoms with Crippen molar-refractivity contribution in [2.24, 2.45) is 0 Å². The van der Waals surface area contributed by atoms with Gasteiger partial charge in [0.1, 0.15) is 0 Å². The van der Waals surface area contributed by atoms with Crippen molar-refractivity contribution in [3.8, 4) is 5.69 Å². The number of rotatable bonds is 5. The fourth-order valence-electron chi connectivity index (χ4n) is 3.55. The second kappa shape index (κ2) is 8.61. The molecule has 1 aliphatic rings. The first-order valence-corrected chi connectivity index (χ1v) is 11.9. The summed E-state index contributed by atoms with van der Waals surface area (Å²) in [5, 5.41) is 1.47. The Kier molecular flexibility index (Phi) is 6.09. The first-order chi connectivity index (χ1) is 14.3. The number of aryl methyl sites for hydroxylation is 2. The lowest BCUT2D eigenvalue weighted by atomic mass is 10.1. The molecule has 0 N–H and O–H groups in total. The molecule has 0 amide bonds. The van der Waals surface area contributed by atoms with E-state index >= 15 is 0 Å². The number of fused-ring (bicyclic) bond motifs is 1. The summed E-state index contributed by atoms with van der Waals surface area (Å²) in [6, 6.07) is 12.9. The number of nitrogens with zero attached hydrogens (tertiary/aromatic N) is 2. The number of hydrogen-bond donors (Lipinski definition) is 0. The van der Waals surface area contributed by atoms with Crippen molar-refractivity contribution in [3.63, 3.8) is 0 Å². The van der Waals surface area contributed by atoms with Crippen LogP contribution in [0.25, 0.3) is 5.69 Å². The third-order valence-electron chi connectivity index (χ3n) is 4.84. The van der Waals surface area contributed by atoms with Crippen LogP contribution in [0.15, 0.2) is 57.3 Å². The van der Waals surface area contributed by atoms with Gasteiger partial charge in [-0.3, -0.25) is 14.2 Å². The van der Waals surface area contributed by atoms with Gasteiger partial charge in [0, 0.05) is 22.3 Å². The average molecular weight is 457 g/mol. The molecule has 2 aromatic carbocycles. The zero-order valence-electron chi connectivity index (χ0n) is 16.9. The molecule has 7 heteroatoms. The van der Waals surface area contributed by atoms with E-state index in [1.54, 1.807) is 40.6 Å². The molecule has 0 bridgehead atoms. The van der Waals surface area contributed by atoms with Gasteiger partial charge in [-0.05, 0) is 61.4 Å². The molecule has 0 aliphatic carbocycles. The fourth-order valence-corrected chi connectivity index (χ4v) is 5.70. The number of ketones is 1. The second-order valence-corrected chi connectivity index (χ2v) is 10.3. The predicted octanol–water partition coefficient (Wildman–Crippen LogP) is 5.51. The van der Waals surface area contributed by atoms with Gasteiger partial charge in [-0.1, -0.05) is 36.4 Å². The maximum absolute atomic E-state index is 13.4. The summed E-state index contributed by atoms with van der Waals surface area (Å²) >= 11 is 8.80. The topological polar surface area (TPSA) is 52.0 Å². The van der Waals surface area contributed by atoms with Gasteiger partial charge < -0.3 is 0 Å². The quantitative estimate of drug-likeness (QED) is 0.287. The zero-order chi connectivity index (χ0) is 21.4. The highest BCUT2D eigenvalue weighted by atomic mass is 35.5. The van der Waals surface area contributed by atoms with E-state index in [-0.39, 0.29) is 17.1 Å². The van der Waals surface area contributed by atoms with Gasteiger partial charge in [0.15, 0.2) is 10.9 Å². The first-order valence-electron chi connectivity index (χ1n) is 9.64. The van der Waals surface area contributed by atoms with Crippen molar-refractivity contribution in [1.29, 1.82) is 0 Å². The molecule has 0 saturated carbocycles. The Balaban J connectivity index is 1.74. The van der Waals surface area contributed by atoms with Gasteiger partial charge in [0.05, 0.1) is 22.0 Å². The lowest BCUT2D eigenvalue weighted by molar-refractivity contribution is 0.102. The number of carbonyl (C=O) groups is 1. The van der Waals surface area contributed by atoms with Crippen molar-refractivity contribution in [2.45, 2.75) is 42.5 Å². The van der Waals surface area contributed by atoms with Crippen molar-refractivity contribution in [3.05, 3.63) is 80.2 Å². The number of carbonyl (C=O) groups excluding carboxylic acids is 1. The molecular weight excluding hydrogens is 436 g/mol. The molecule has 2 heterocycles. The van der Waals surface area contributed by atoms with Gasteiger partial charge in [0.25, 0.3) is 5.56 Å². The summed E-state index contributed by atoms with van der Waals surface area (Å²) in [5.74, 6) is 0.168. The largest absolute Gasteiger partial charge is 0.293 e.